The first-order valence-electron chi connectivity index (χ1n) is 7.14. The Kier molecular flexibility index (Phi) is 3.93. The van der Waals surface area contributed by atoms with E-state index in [2.05, 4.69) is 9.71 Å². The maximum atomic E-state index is 12.5. The van der Waals surface area contributed by atoms with Crippen molar-refractivity contribution in [1.29, 1.82) is 0 Å². The summed E-state index contributed by atoms with van der Waals surface area (Å²) in [7, 11) is -3.51. The smallest absolute Gasteiger partial charge is 0.241 e. The fourth-order valence-electron chi connectivity index (χ4n) is 2.93. The van der Waals surface area contributed by atoms with Gasteiger partial charge in [-0.1, -0.05) is 12.1 Å². The average Bonchev–Trinajstić information content (AvgIpc) is 2.90. The quantitative estimate of drug-likeness (QED) is 0.899. The van der Waals surface area contributed by atoms with Crippen LogP contribution in [0.1, 0.15) is 19.3 Å². The van der Waals surface area contributed by atoms with Crippen LogP contribution in [0.15, 0.2) is 41.6 Å². The lowest BCUT2D eigenvalue weighted by Gasteiger charge is -2.13. The minimum absolute atomic E-state index is 0.211. The van der Waals surface area contributed by atoms with Crippen LogP contribution in [0.25, 0.3) is 10.8 Å². The van der Waals surface area contributed by atoms with Gasteiger partial charge in [-0.3, -0.25) is 4.98 Å². The normalized spacial score (nSPS) is 22.7. The number of fused-ring (bicyclic) bond motifs is 1. The van der Waals surface area contributed by atoms with Crippen molar-refractivity contribution in [3.8, 4) is 0 Å². The molecule has 0 aliphatic heterocycles. The highest BCUT2D eigenvalue weighted by molar-refractivity contribution is 7.89. The highest BCUT2D eigenvalue weighted by atomic mass is 32.2. The monoisotopic (exact) mass is 305 g/mol. The molecule has 1 aliphatic carbocycles. The molecule has 1 fully saturated rings. The van der Waals surface area contributed by atoms with Crippen molar-refractivity contribution in [3.05, 3.63) is 36.7 Å². The van der Waals surface area contributed by atoms with E-state index in [1.807, 2.05) is 6.07 Å². The lowest BCUT2D eigenvalue weighted by molar-refractivity contribution is 0.513. The number of benzene rings is 1. The molecule has 2 unspecified atom stereocenters. The van der Waals surface area contributed by atoms with Crippen LogP contribution in [0.2, 0.25) is 0 Å². The fraction of sp³-hybridized carbons (Fsp3) is 0.400. The summed E-state index contributed by atoms with van der Waals surface area (Å²) in [6.07, 6.45) is 6.14. The van der Waals surface area contributed by atoms with Crippen LogP contribution in [-0.4, -0.2) is 26.0 Å². The second-order valence-electron chi connectivity index (χ2n) is 5.64. The largest absolute Gasteiger partial charge is 0.328 e. The Labute approximate surface area is 124 Å². The lowest BCUT2D eigenvalue weighted by Crippen LogP contribution is -2.29. The van der Waals surface area contributed by atoms with Gasteiger partial charge in [-0.2, -0.15) is 0 Å². The highest BCUT2D eigenvalue weighted by Crippen LogP contribution is 2.25. The summed E-state index contributed by atoms with van der Waals surface area (Å²) in [5, 5.41) is 1.52. The van der Waals surface area contributed by atoms with E-state index >= 15 is 0 Å². The van der Waals surface area contributed by atoms with Crippen molar-refractivity contribution in [1.82, 2.24) is 9.71 Å². The summed E-state index contributed by atoms with van der Waals surface area (Å²) in [5.41, 5.74) is 5.87. The molecule has 0 radical (unpaired) electrons. The van der Waals surface area contributed by atoms with Crippen molar-refractivity contribution < 1.29 is 8.42 Å². The summed E-state index contributed by atoms with van der Waals surface area (Å²) in [6, 6.07) is 7.17. The molecule has 0 amide bonds. The summed E-state index contributed by atoms with van der Waals surface area (Å²) < 4.78 is 27.8. The van der Waals surface area contributed by atoms with Crippen molar-refractivity contribution >= 4 is 20.8 Å². The molecule has 0 spiro atoms. The molecule has 5 nitrogen and oxygen atoms in total. The molecule has 0 saturated heterocycles. The molecule has 2 atom stereocenters. The molecule has 3 N–H and O–H groups in total. The molecule has 6 heteroatoms. The average molecular weight is 305 g/mol. The van der Waals surface area contributed by atoms with Gasteiger partial charge in [0.05, 0.1) is 4.90 Å². The molecular weight excluding hydrogens is 286 g/mol. The van der Waals surface area contributed by atoms with Crippen molar-refractivity contribution in [2.24, 2.45) is 11.7 Å². The number of sulfonamides is 1. The van der Waals surface area contributed by atoms with E-state index in [0.717, 1.165) is 24.6 Å². The Morgan fingerprint density at radius 2 is 2.14 bits per heavy atom. The Morgan fingerprint density at radius 3 is 2.90 bits per heavy atom. The van der Waals surface area contributed by atoms with Gasteiger partial charge < -0.3 is 5.73 Å². The van der Waals surface area contributed by atoms with E-state index < -0.39 is 10.0 Å². The first kappa shape index (κ1) is 14.4. The zero-order chi connectivity index (χ0) is 14.9. The third-order valence-corrected chi connectivity index (χ3v) is 5.56. The first-order chi connectivity index (χ1) is 10.1. The van der Waals surface area contributed by atoms with Gasteiger partial charge in [-0.05, 0) is 37.3 Å². The zero-order valence-electron chi connectivity index (χ0n) is 11.7. The Bertz CT molecular complexity index is 740. The summed E-state index contributed by atoms with van der Waals surface area (Å²) in [4.78, 5) is 4.33. The fourth-order valence-corrected chi connectivity index (χ4v) is 4.28. The topological polar surface area (TPSA) is 85.1 Å². The number of nitrogens with two attached hydrogens (primary N) is 1. The number of hydrogen-bond acceptors (Lipinski definition) is 4. The van der Waals surface area contributed by atoms with Crippen LogP contribution in [0, 0.1) is 5.92 Å². The molecule has 112 valence electrons. The van der Waals surface area contributed by atoms with Gasteiger partial charge in [0.1, 0.15) is 0 Å². The molecule has 21 heavy (non-hydrogen) atoms. The van der Waals surface area contributed by atoms with Gasteiger partial charge in [-0.25, -0.2) is 13.1 Å². The molecule has 2 aromatic rings. The minimum atomic E-state index is -3.51. The summed E-state index contributed by atoms with van der Waals surface area (Å²) >= 11 is 0. The van der Waals surface area contributed by atoms with Crippen LogP contribution < -0.4 is 10.5 Å². The van der Waals surface area contributed by atoms with Gasteiger partial charge in [0.2, 0.25) is 10.0 Å². The molecule has 1 aromatic carbocycles. The molecule has 1 aliphatic rings. The number of pyridine rings is 1. The lowest BCUT2D eigenvalue weighted by atomic mass is 10.1. The summed E-state index contributed by atoms with van der Waals surface area (Å²) in [6.45, 7) is 0.456. The Hall–Kier alpha value is -1.50. The van der Waals surface area contributed by atoms with Crippen LogP contribution in [-0.2, 0) is 10.0 Å². The van der Waals surface area contributed by atoms with Crippen LogP contribution in [0.3, 0.4) is 0 Å². The van der Waals surface area contributed by atoms with Crippen molar-refractivity contribution in [2.45, 2.75) is 30.2 Å². The SMILES string of the molecule is NC1CCC(CNS(=O)(=O)c2cccc3cnccc23)C1. The van der Waals surface area contributed by atoms with Gasteiger partial charge in [0.15, 0.2) is 0 Å². The Morgan fingerprint density at radius 1 is 1.29 bits per heavy atom. The van der Waals surface area contributed by atoms with Gasteiger partial charge in [-0.15, -0.1) is 0 Å². The van der Waals surface area contributed by atoms with Crippen LogP contribution >= 0.6 is 0 Å². The predicted octanol–water partition coefficient (Wildman–Crippen LogP) is 1.64. The third kappa shape index (κ3) is 3.07. The zero-order valence-corrected chi connectivity index (χ0v) is 12.5. The van der Waals surface area contributed by atoms with E-state index in [-0.39, 0.29) is 6.04 Å². The van der Waals surface area contributed by atoms with Crippen molar-refractivity contribution in [3.63, 3.8) is 0 Å². The van der Waals surface area contributed by atoms with E-state index in [0.29, 0.717) is 22.7 Å². The van der Waals surface area contributed by atoms with Gasteiger partial charge >= 0.3 is 0 Å². The third-order valence-electron chi connectivity index (χ3n) is 4.07. The second kappa shape index (κ2) is 5.71. The second-order valence-corrected chi connectivity index (χ2v) is 7.38. The molecular formula is C15H19N3O2S. The maximum absolute atomic E-state index is 12.5. The predicted molar refractivity (Wildman–Crippen MR) is 82.2 cm³/mol. The van der Waals surface area contributed by atoms with Crippen molar-refractivity contribution in [2.75, 3.05) is 6.54 Å². The molecule has 1 heterocycles. The number of nitrogens with one attached hydrogen (secondary N) is 1. The molecule has 0 bridgehead atoms. The van der Waals surface area contributed by atoms with Crippen LogP contribution in [0.4, 0.5) is 0 Å². The molecule has 3 rings (SSSR count). The maximum Gasteiger partial charge on any atom is 0.241 e. The first-order valence-corrected chi connectivity index (χ1v) is 8.62. The van der Waals surface area contributed by atoms with Gasteiger partial charge in [0.25, 0.3) is 0 Å². The standard InChI is InChI=1S/C15H19N3O2S/c16-13-5-4-11(8-13)9-18-21(19,20)15-3-1-2-12-10-17-7-6-14(12)15/h1-3,6-7,10-11,13,18H,4-5,8-9,16H2. The van der Waals surface area contributed by atoms with Gasteiger partial charge in [0, 0.05) is 35.8 Å². The van der Waals surface area contributed by atoms with Crippen LogP contribution in [0.5, 0.6) is 0 Å². The number of nitrogens with zero attached hydrogens (tertiary/aromatic N) is 1. The van der Waals surface area contributed by atoms with E-state index in [4.69, 9.17) is 5.73 Å². The van der Waals surface area contributed by atoms with E-state index in [1.54, 1.807) is 30.6 Å². The minimum Gasteiger partial charge on any atom is -0.328 e. The molecule has 1 saturated carbocycles. The number of hydrogen-bond donors (Lipinski definition) is 2. The summed E-state index contributed by atoms with van der Waals surface area (Å²) in [5.74, 6) is 0.339. The number of rotatable bonds is 4. The molecule has 1 aromatic heterocycles. The Balaban J connectivity index is 1.83. The highest BCUT2D eigenvalue weighted by Gasteiger charge is 2.24. The van der Waals surface area contributed by atoms with E-state index in [9.17, 15) is 8.42 Å². The number of aromatic nitrogens is 1. The van der Waals surface area contributed by atoms with E-state index in [1.165, 1.54) is 0 Å².